The molecular weight excluding hydrogens is 396 g/mol. The molecule has 2 aromatic carbocycles. The number of H-pyrrole nitrogens is 1. The first-order chi connectivity index (χ1) is 14.4. The Hall–Kier alpha value is -3.05. The monoisotopic (exact) mass is 418 g/mol. The van der Waals surface area contributed by atoms with Crippen molar-refractivity contribution >= 4 is 34.1 Å². The lowest BCUT2D eigenvalue weighted by molar-refractivity contribution is 0.315. The third-order valence-corrected chi connectivity index (χ3v) is 5.74. The number of halogens is 1. The first kappa shape index (κ1) is 18.9. The molecule has 5 nitrogen and oxygen atoms in total. The molecule has 152 valence electrons. The molecule has 30 heavy (non-hydrogen) atoms. The van der Waals surface area contributed by atoms with Crippen LogP contribution in [0.2, 0.25) is 5.02 Å². The van der Waals surface area contributed by atoms with Crippen molar-refractivity contribution in [2.45, 2.75) is 26.2 Å². The van der Waals surface area contributed by atoms with Gasteiger partial charge in [-0.2, -0.15) is 0 Å². The van der Waals surface area contributed by atoms with Crippen LogP contribution in [-0.2, 0) is 5.41 Å². The van der Waals surface area contributed by atoms with Gasteiger partial charge in [0.05, 0.1) is 33.9 Å². The summed E-state index contributed by atoms with van der Waals surface area (Å²) >= 11 is 6.42. The van der Waals surface area contributed by atoms with Gasteiger partial charge in [-0.15, -0.1) is 0 Å². The maximum Gasteiger partial charge on any atom is 0.154 e. The lowest BCUT2D eigenvalue weighted by atomic mass is 9.87. The van der Waals surface area contributed by atoms with Crippen LogP contribution in [0, 0.1) is 0 Å². The summed E-state index contributed by atoms with van der Waals surface area (Å²) in [6.45, 7) is 7.87. The number of benzene rings is 2. The van der Waals surface area contributed by atoms with Gasteiger partial charge in [-0.1, -0.05) is 44.5 Å². The summed E-state index contributed by atoms with van der Waals surface area (Å²) in [6.07, 6.45) is 1.76. The van der Waals surface area contributed by atoms with Gasteiger partial charge in [0, 0.05) is 6.20 Å². The van der Waals surface area contributed by atoms with Gasteiger partial charge >= 0.3 is 0 Å². The number of ether oxygens (including phenoxy) is 1. The summed E-state index contributed by atoms with van der Waals surface area (Å²) in [6, 6.07) is 16.2. The van der Waals surface area contributed by atoms with Gasteiger partial charge in [0.25, 0.3) is 0 Å². The fraction of sp³-hybridized carbons (Fsp3) is 0.250. The molecule has 6 heteroatoms. The third-order valence-electron chi connectivity index (χ3n) is 5.44. The first-order valence-electron chi connectivity index (χ1n) is 10.1. The Balaban J connectivity index is 1.62. The summed E-state index contributed by atoms with van der Waals surface area (Å²) in [4.78, 5) is 14.9. The zero-order valence-corrected chi connectivity index (χ0v) is 18.0. The first-order valence-corrected chi connectivity index (χ1v) is 10.4. The number of hydrogen-bond acceptors (Lipinski definition) is 4. The normalized spacial score (nSPS) is 13.9. The van der Waals surface area contributed by atoms with Crippen molar-refractivity contribution < 1.29 is 4.74 Å². The zero-order chi connectivity index (χ0) is 20.9. The predicted molar refractivity (Wildman–Crippen MR) is 122 cm³/mol. The minimum atomic E-state index is 0.0803. The number of nitrogens with one attached hydrogen (secondary N) is 1. The van der Waals surface area contributed by atoms with E-state index in [4.69, 9.17) is 21.3 Å². The Morgan fingerprint density at radius 1 is 1.10 bits per heavy atom. The fourth-order valence-corrected chi connectivity index (χ4v) is 4.06. The Morgan fingerprint density at radius 2 is 1.97 bits per heavy atom. The van der Waals surface area contributed by atoms with Crippen molar-refractivity contribution in [2.75, 3.05) is 18.1 Å². The van der Waals surface area contributed by atoms with Crippen molar-refractivity contribution in [1.82, 2.24) is 15.0 Å². The second-order valence-electron chi connectivity index (χ2n) is 8.53. The minimum Gasteiger partial charge on any atom is -0.489 e. The van der Waals surface area contributed by atoms with Crippen molar-refractivity contribution in [1.29, 1.82) is 0 Å². The van der Waals surface area contributed by atoms with Crippen LogP contribution in [0.15, 0.2) is 54.7 Å². The average molecular weight is 419 g/mol. The number of rotatable bonds is 2. The van der Waals surface area contributed by atoms with Gasteiger partial charge in [0.2, 0.25) is 0 Å². The largest absolute Gasteiger partial charge is 0.489 e. The predicted octanol–water partition coefficient (Wildman–Crippen LogP) is 6.11. The van der Waals surface area contributed by atoms with Gasteiger partial charge in [-0.05, 0) is 47.4 Å². The molecule has 1 N–H and O–H groups in total. The van der Waals surface area contributed by atoms with E-state index in [1.165, 1.54) is 5.56 Å². The number of fused-ring (bicyclic) bond motifs is 2. The van der Waals surface area contributed by atoms with Crippen molar-refractivity contribution in [2.24, 2.45) is 0 Å². The zero-order valence-electron chi connectivity index (χ0n) is 17.2. The van der Waals surface area contributed by atoms with E-state index in [0.29, 0.717) is 18.2 Å². The molecule has 2 aromatic heterocycles. The number of nitrogens with zero attached hydrogens (tertiary/aromatic N) is 3. The lowest BCUT2D eigenvalue weighted by Gasteiger charge is -2.31. The van der Waals surface area contributed by atoms with E-state index in [1.54, 1.807) is 6.20 Å². The molecule has 0 saturated carbocycles. The molecule has 5 rings (SSSR count). The van der Waals surface area contributed by atoms with Gasteiger partial charge in [-0.25, -0.2) is 9.97 Å². The van der Waals surface area contributed by atoms with Crippen LogP contribution in [0.4, 0.5) is 11.5 Å². The van der Waals surface area contributed by atoms with Gasteiger partial charge in [0.1, 0.15) is 12.4 Å². The highest BCUT2D eigenvalue weighted by atomic mass is 35.5. The Morgan fingerprint density at radius 3 is 2.77 bits per heavy atom. The molecule has 0 spiro atoms. The molecule has 0 amide bonds. The molecule has 0 saturated heterocycles. The minimum absolute atomic E-state index is 0.0803. The molecule has 3 heterocycles. The fourth-order valence-electron chi connectivity index (χ4n) is 3.83. The second kappa shape index (κ2) is 7.03. The number of pyridine rings is 1. The number of para-hydroxylation sites is 1. The molecule has 0 fully saturated rings. The highest BCUT2D eigenvalue weighted by molar-refractivity contribution is 6.33. The van der Waals surface area contributed by atoms with E-state index in [1.807, 2.05) is 30.3 Å². The molecule has 0 radical (unpaired) electrons. The van der Waals surface area contributed by atoms with Crippen LogP contribution in [0.25, 0.3) is 22.4 Å². The number of hydrogen-bond donors (Lipinski definition) is 1. The average Bonchev–Trinajstić information content (AvgIpc) is 3.16. The summed E-state index contributed by atoms with van der Waals surface area (Å²) in [5.41, 5.74) is 5.18. The number of aromatic amines is 1. The number of imidazole rings is 1. The van der Waals surface area contributed by atoms with E-state index < -0.39 is 0 Å². The van der Waals surface area contributed by atoms with E-state index in [0.717, 1.165) is 39.7 Å². The van der Waals surface area contributed by atoms with E-state index in [-0.39, 0.29) is 5.41 Å². The molecule has 0 bridgehead atoms. The maximum atomic E-state index is 6.42. The summed E-state index contributed by atoms with van der Waals surface area (Å²) in [7, 11) is 0. The Labute approximate surface area is 180 Å². The Bertz CT molecular complexity index is 1240. The summed E-state index contributed by atoms with van der Waals surface area (Å²) in [5.74, 6) is 2.32. The highest BCUT2D eigenvalue weighted by Gasteiger charge is 2.26. The van der Waals surface area contributed by atoms with Crippen LogP contribution in [0.1, 0.15) is 26.3 Å². The lowest BCUT2D eigenvalue weighted by Crippen LogP contribution is -2.29. The topological polar surface area (TPSA) is 54.0 Å². The number of anilines is 2. The van der Waals surface area contributed by atoms with Crippen LogP contribution in [0.3, 0.4) is 0 Å². The van der Waals surface area contributed by atoms with Gasteiger partial charge < -0.3 is 14.6 Å². The highest BCUT2D eigenvalue weighted by Crippen LogP contribution is 2.43. The molecule has 0 aliphatic carbocycles. The van der Waals surface area contributed by atoms with Crippen LogP contribution in [0.5, 0.6) is 5.75 Å². The molecular formula is C24H23ClN4O. The van der Waals surface area contributed by atoms with Gasteiger partial charge in [0.15, 0.2) is 11.6 Å². The number of aromatic nitrogens is 3. The SMILES string of the molecule is CC(C)(C)c1ccc2nc(-c3cccc4c3OCCN4c3ncccc3Cl)[nH]c2c1. The standard InChI is InChI=1S/C24H23ClN4O/c1-24(2,3)15-9-10-18-19(14-15)28-22(27-18)16-6-4-8-20-21(16)30-13-12-29(20)23-17(25)7-5-11-26-23/h4-11,14H,12-13H2,1-3H3,(H,27,28). The van der Waals surface area contributed by atoms with E-state index in [9.17, 15) is 0 Å². The Kier molecular flexibility index (Phi) is 4.44. The maximum absolute atomic E-state index is 6.42. The van der Waals surface area contributed by atoms with Crippen LogP contribution < -0.4 is 9.64 Å². The molecule has 0 unspecified atom stereocenters. The van der Waals surface area contributed by atoms with E-state index >= 15 is 0 Å². The second-order valence-corrected chi connectivity index (χ2v) is 8.94. The smallest absolute Gasteiger partial charge is 0.154 e. The van der Waals surface area contributed by atoms with E-state index in [2.05, 4.69) is 53.8 Å². The van der Waals surface area contributed by atoms with Crippen molar-refractivity contribution in [3.63, 3.8) is 0 Å². The third kappa shape index (κ3) is 3.19. The molecule has 1 aliphatic heterocycles. The quantitative estimate of drug-likeness (QED) is 0.427. The van der Waals surface area contributed by atoms with Gasteiger partial charge in [-0.3, -0.25) is 0 Å². The summed E-state index contributed by atoms with van der Waals surface area (Å²) in [5, 5.41) is 0.620. The molecule has 1 aliphatic rings. The van der Waals surface area contributed by atoms with Crippen molar-refractivity contribution in [3.05, 3.63) is 65.3 Å². The molecule has 0 atom stereocenters. The van der Waals surface area contributed by atoms with Crippen molar-refractivity contribution in [3.8, 4) is 17.1 Å². The van der Waals surface area contributed by atoms with Crippen LogP contribution in [-0.4, -0.2) is 28.1 Å². The summed E-state index contributed by atoms with van der Waals surface area (Å²) < 4.78 is 6.10. The van der Waals surface area contributed by atoms with Crippen LogP contribution >= 0.6 is 11.6 Å². The molecule has 4 aromatic rings.